The molecule has 114 valence electrons. The number of hydrogen-bond acceptors (Lipinski definition) is 3. The molecule has 2 heterocycles. The highest BCUT2D eigenvalue weighted by molar-refractivity contribution is 7.17. The van der Waals surface area contributed by atoms with Gasteiger partial charge in [-0.25, -0.2) is 0 Å². The molecule has 0 atom stereocenters. The first kappa shape index (κ1) is 16.3. The average Bonchev–Trinajstić information content (AvgIpc) is 3.09. The van der Waals surface area contributed by atoms with Gasteiger partial charge in [0, 0.05) is 17.8 Å². The number of thiophene rings is 1. The first-order valence-electron chi connectivity index (χ1n) is 7.27. The Hall–Kier alpha value is -1.10. The molecule has 1 aliphatic heterocycles. The van der Waals surface area contributed by atoms with E-state index in [9.17, 15) is 4.79 Å². The Morgan fingerprint density at radius 1 is 1.24 bits per heavy atom. The number of nitrogens with one attached hydrogen (secondary N) is 1. The lowest BCUT2D eigenvalue weighted by Gasteiger charge is -2.14. The van der Waals surface area contributed by atoms with Crippen LogP contribution in [0.3, 0.4) is 0 Å². The fraction of sp³-hybridized carbons (Fsp3) is 0.438. The number of likely N-dealkylation sites (tertiary alicyclic amines) is 1. The van der Waals surface area contributed by atoms with Crippen molar-refractivity contribution < 1.29 is 4.79 Å². The van der Waals surface area contributed by atoms with Gasteiger partial charge in [-0.15, -0.1) is 23.7 Å². The van der Waals surface area contributed by atoms with E-state index in [1.54, 1.807) is 11.3 Å². The van der Waals surface area contributed by atoms with Crippen LogP contribution in [0.2, 0.25) is 0 Å². The van der Waals surface area contributed by atoms with Crippen molar-refractivity contribution in [3.05, 3.63) is 35.2 Å². The summed E-state index contributed by atoms with van der Waals surface area (Å²) in [7, 11) is 0. The molecule has 0 bridgehead atoms. The van der Waals surface area contributed by atoms with E-state index in [1.807, 2.05) is 6.07 Å². The zero-order valence-corrected chi connectivity index (χ0v) is 13.6. The summed E-state index contributed by atoms with van der Waals surface area (Å²) in [5.41, 5.74) is 1.13. The van der Waals surface area contributed by atoms with Gasteiger partial charge in [0.15, 0.2) is 0 Å². The summed E-state index contributed by atoms with van der Waals surface area (Å²) in [5.74, 6) is 0.128. The Labute approximate surface area is 135 Å². The zero-order chi connectivity index (χ0) is 13.8. The van der Waals surface area contributed by atoms with Gasteiger partial charge in [-0.2, -0.15) is 0 Å². The summed E-state index contributed by atoms with van der Waals surface area (Å²) in [5, 5.41) is 6.34. The van der Waals surface area contributed by atoms with Crippen LogP contribution in [0.1, 0.15) is 18.4 Å². The van der Waals surface area contributed by atoms with Crippen molar-refractivity contribution in [2.75, 3.05) is 26.2 Å². The Morgan fingerprint density at radius 2 is 2.05 bits per heavy atom. The number of carbonyl (C=O) groups excluding carboxylic acids is 1. The highest BCUT2D eigenvalue weighted by Crippen LogP contribution is 2.24. The number of benzene rings is 1. The lowest BCUT2D eigenvalue weighted by Crippen LogP contribution is -2.34. The SMILES string of the molecule is Cl.O=C(Cc1cccc2sccc12)NCCN1CCCC1. The number of hydrogen-bond donors (Lipinski definition) is 1. The van der Waals surface area contributed by atoms with Crippen LogP contribution in [0.15, 0.2) is 29.6 Å². The van der Waals surface area contributed by atoms with Gasteiger partial charge in [0.25, 0.3) is 0 Å². The molecule has 1 saturated heterocycles. The Kier molecular flexibility index (Phi) is 6.03. The summed E-state index contributed by atoms with van der Waals surface area (Å²) in [6.07, 6.45) is 3.08. The van der Waals surface area contributed by atoms with E-state index in [0.29, 0.717) is 6.42 Å². The topological polar surface area (TPSA) is 32.3 Å². The van der Waals surface area contributed by atoms with Crippen molar-refractivity contribution in [2.24, 2.45) is 0 Å². The monoisotopic (exact) mass is 324 g/mol. The van der Waals surface area contributed by atoms with Crippen molar-refractivity contribution in [2.45, 2.75) is 19.3 Å². The predicted octanol–water partition coefficient (Wildman–Crippen LogP) is 3.08. The standard InChI is InChI=1S/C16H20N2OS.ClH/c19-16(17-7-10-18-8-1-2-9-18)12-13-4-3-5-15-14(13)6-11-20-15;/h3-6,11H,1-2,7-10,12H2,(H,17,19);1H. The van der Waals surface area contributed by atoms with E-state index in [1.165, 1.54) is 36.0 Å². The summed E-state index contributed by atoms with van der Waals surface area (Å²) in [6.45, 7) is 4.11. The minimum Gasteiger partial charge on any atom is -0.355 e. The molecule has 3 nitrogen and oxygen atoms in total. The zero-order valence-electron chi connectivity index (χ0n) is 12.0. The van der Waals surface area contributed by atoms with Crippen LogP contribution >= 0.6 is 23.7 Å². The number of carbonyl (C=O) groups is 1. The Morgan fingerprint density at radius 3 is 2.86 bits per heavy atom. The second-order valence-corrected chi connectivity index (χ2v) is 6.27. The molecule has 3 rings (SSSR count). The van der Waals surface area contributed by atoms with Gasteiger partial charge < -0.3 is 10.2 Å². The number of fused-ring (bicyclic) bond motifs is 1. The van der Waals surface area contributed by atoms with E-state index in [2.05, 4.69) is 33.8 Å². The van der Waals surface area contributed by atoms with Crippen LogP contribution in [-0.4, -0.2) is 37.0 Å². The van der Waals surface area contributed by atoms with Crippen LogP contribution in [0, 0.1) is 0 Å². The quantitative estimate of drug-likeness (QED) is 0.916. The average molecular weight is 325 g/mol. The maximum absolute atomic E-state index is 12.0. The highest BCUT2D eigenvalue weighted by atomic mass is 35.5. The van der Waals surface area contributed by atoms with Gasteiger partial charge >= 0.3 is 0 Å². The number of halogens is 1. The largest absolute Gasteiger partial charge is 0.355 e. The summed E-state index contributed by atoms with van der Waals surface area (Å²) >= 11 is 1.72. The molecular formula is C16H21ClN2OS. The minimum atomic E-state index is 0. The van der Waals surface area contributed by atoms with E-state index in [-0.39, 0.29) is 18.3 Å². The molecule has 1 fully saturated rings. The number of nitrogens with zero attached hydrogens (tertiary/aromatic N) is 1. The number of rotatable bonds is 5. The van der Waals surface area contributed by atoms with Crippen molar-refractivity contribution in [3.8, 4) is 0 Å². The fourth-order valence-corrected chi connectivity index (χ4v) is 3.64. The molecule has 1 N–H and O–H groups in total. The molecule has 0 radical (unpaired) electrons. The lowest BCUT2D eigenvalue weighted by atomic mass is 10.1. The third-order valence-electron chi connectivity index (χ3n) is 3.89. The van der Waals surface area contributed by atoms with E-state index in [0.717, 1.165) is 18.7 Å². The molecule has 5 heteroatoms. The van der Waals surface area contributed by atoms with Crippen LogP contribution in [0.4, 0.5) is 0 Å². The number of amides is 1. The molecule has 1 aliphatic rings. The molecular weight excluding hydrogens is 304 g/mol. The summed E-state index contributed by atoms with van der Waals surface area (Å²) < 4.78 is 1.26. The second kappa shape index (κ2) is 7.78. The Bertz CT molecular complexity index is 593. The Balaban J connectivity index is 0.00000161. The van der Waals surface area contributed by atoms with Gasteiger partial charge in [0.05, 0.1) is 6.42 Å². The third kappa shape index (κ3) is 4.19. The van der Waals surface area contributed by atoms with E-state index >= 15 is 0 Å². The molecule has 0 spiro atoms. The minimum absolute atomic E-state index is 0. The molecule has 0 saturated carbocycles. The van der Waals surface area contributed by atoms with Crippen molar-refractivity contribution >= 4 is 39.7 Å². The van der Waals surface area contributed by atoms with Crippen molar-refractivity contribution in [3.63, 3.8) is 0 Å². The van der Waals surface area contributed by atoms with Crippen LogP contribution in [0.25, 0.3) is 10.1 Å². The van der Waals surface area contributed by atoms with Crippen LogP contribution in [-0.2, 0) is 11.2 Å². The molecule has 2 aromatic rings. The van der Waals surface area contributed by atoms with Crippen LogP contribution in [0.5, 0.6) is 0 Å². The summed E-state index contributed by atoms with van der Waals surface area (Å²) in [6, 6.07) is 8.29. The normalized spacial score (nSPS) is 15.0. The van der Waals surface area contributed by atoms with E-state index in [4.69, 9.17) is 0 Å². The van der Waals surface area contributed by atoms with Gasteiger partial charge in [-0.3, -0.25) is 4.79 Å². The smallest absolute Gasteiger partial charge is 0.224 e. The van der Waals surface area contributed by atoms with Gasteiger partial charge in [-0.1, -0.05) is 12.1 Å². The fourth-order valence-electron chi connectivity index (χ4n) is 2.81. The molecule has 1 aromatic carbocycles. The van der Waals surface area contributed by atoms with Crippen LogP contribution < -0.4 is 5.32 Å². The summed E-state index contributed by atoms with van der Waals surface area (Å²) in [4.78, 5) is 14.4. The first-order chi connectivity index (χ1) is 9.83. The highest BCUT2D eigenvalue weighted by Gasteiger charge is 2.11. The van der Waals surface area contributed by atoms with Crippen molar-refractivity contribution in [1.29, 1.82) is 0 Å². The van der Waals surface area contributed by atoms with Gasteiger partial charge in [-0.05, 0) is 54.4 Å². The maximum atomic E-state index is 12.0. The van der Waals surface area contributed by atoms with Gasteiger partial charge in [0.2, 0.25) is 5.91 Å². The third-order valence-corrected chi connectivity index (χ3v) is 4.77. The molecule has 21 heavy (non-hydrogen) atoms. The van der Waals surface area contributed by atoms with E-state index < -0.39 is 0 Å². The first-order valence-corrected chi connectivity index (χ1v) is 8.15. The predicted molar refractivity (Wildman–Crippen MR) is 91.5 cm³/mol. The lowest BCUT2D eigenvalue weighted by molar-refractivity contribution is -0.120. The van der Waals surface area contributed by atoms with Crippen molar-refractivity contribution in [1.82, 2.24) is 10.2 Å². The maximum Gasteiger partial charge on any atom is 0.224 e. The molecule has 1 amide bonds. The second-order valence-electron chi connectivity index (χ2n) is 5.33. The van der Waals surface area contributed by atoms with Gasteiger partial charge in [0.1, 0.15) is 0 Å². The molecule has 1 aromatic heterocycles. The molecule has 0 aliphatic carbocycles. The molecule has 0 unspecified atom stereocenters.